The minimum Gasteiger partial charge on any atom is -0.298 e. The van der Waals surface area contributed by atoms with E-state index in [0.29, 0.717) is 12.3 Å². The molecule has 1 aliphatic rings. The Balaban J connectivity index is 2.02. The maximum atomic E-state index is 11.3. The fraction of sp³-hybridized carbons (Fsp3) is 0.417. The monoisotopic (exact) mass is 267 g/mol. The molecule has 0 bridgehead atoms. The van der Waals surface area contributed by atoms with E-state index in [-0.39, 0.29) is 0 Å². The Bertz CT molecular complexity index is 364. The lowest BCUT2D eigenvalue weighted by Crippen LogP contribution is -2.35. The molecule has 80 valence electrons. The second-order valence-corrected chi connectivity index (χ2v) is 4.80. The number of hydrogen-bond acceptors (Lipinski definition) is 2. The van der Waals surface area contributed by atoms with Gasteiger partial charge in [0.25, 0.3) is 0 Å². The standard InChI is InChI=1S/C12H14BrNO/c13-12-6-2-1-4-10(12)8-14-7-3-5-11(15)9-14/h1-2,4,6H,3,5,7-9H2. The van der Waals surface area contributed by atoms with E-state index < -0.39 is 0 Å². The van der Waals surface area contributed by atoms with E-state index >= 15 is 0 Å². The van der Waals surface area contributed by atoms with Crippen molar-refractivity contribution in [3.63, 3.8) is 0 Å². The summed E-state index contributed by atoms with van der Waals surface area (Å²) in [6, 6.07) is 8.19. The second-order valence-electron chi connectivity index (χ2n) is 3.94. The molecule has 0 saturated carbocycles. The van der Waals surface area contributed by atoms with Gasteiger partial charge in [-0.3, -0.25) is 9.69 Å². The molecule has 15 heavy (non-hydrogen) atoms. The number of ketones is 1. The van der Waals surface area contributed by atoms with Crippen LogP contribution in [-0.4, -0.2) is 23.8 Å². The van der Waals surface area contributed by atoms with Gasteiger partial charge < -0.3 is 0 Å². The van der Waals surface area contributed by atoms with Crippen LogP contribution in [0.15, 0.2) is 28.7 Å². The number of hydrogen-bond donors (Lipinski definition) is 0. The lowest BCUT2D eigenvalue weighted by atomic mass is 10.1. The zero-order valence-electron chi connectivity index (χ0n) is 8.58. The Kier molecular flexibility index (Phi) is 3.54. The quantitative estimate of drug-likeness (QED) is 0.821. The van der Waals surface area contributed by atoms with Crippen LogP contribution in [0.4, 0.5) is 0 Å². The molecular weight excluding hydrogens is 254 g/mol. The Hall–Kier alpha value is -0.670. The summed E-state index contributed by atoms with van der Waals surface area (Å²) < 4.78 is 1.13. The number of carbonyl (C=O) groups excluding carboxylic acids is 1. The molecule has 2 nitrogen and oxygen atoms in total. The lowest BCUT2D eigenvalue weighted by molar-refractivity contribution is -0.122. The van der Waals surface area contributed by atoms with Gasteiger partial charge in [-0.05, 0) is 24.6 Å². The van der Waals surface area contributed by atoms with Crippen molar-refractivity contribution in [3.05, 3.63) is 34.3 Å². The molecule has 0 aliphatic carbocycles. The fourth-order valence-corrected chi connectivity index (χ4v) is 2.32. The van der Waals surface area contributed by atoms with Crippen LogP contribution >= 0.6 is 15.9 Å². The lowest BCUT2D eigenvalue weighted by Gasteiger charge is -2.25. The summed E-state index contributed by atoms with van der Waals surface area (Å²) in [5.41, 5.74) is 1.26. The smallest absolute Gasteiger partial charge is 0.146 e. The highest BCUT2D eigenvalue weighted by molar-refractivity contribution is 9.10. The molecule has 2 rings (SSSR count). The van der Waals surface area contributed by atoms with Crippen molar-refractivity contribution >= 4 is 21.7 Å². The molecule has 0 spiro atoms. The van der Waals surface area contributed by atoms with Gasteiger partial charge >= 0.3 is 0 Å². The fourth-order valence-electron chi connectivity index (χ4n) is 1.91. The van der Waals surface area contributed by atoms with Crippen LogP contribution in [0.2, 0.25) is 0 Å². The van der Waals surface area contributed by atoms with Crippen LogP contribution < -0.4 is 0 Å². The highest BCUT2D eigenvalue weighted by Gasteiger charge is 2.17. The van der Waals surface area contributed by atoms with Gasteiger partial charge in [0.2, 0.25) is 0 Å². The molecule has 0 radical (unpaired) electrons. The van der Waals surface area contributed by atoms with Crippen LogP contribution in [0.3, 0.4) is 0 Å². The van der Waals surface area contributed by atoms with Crippen molar-refractivity contribution in [2.75, 3.05) is 13.1 Å². The summed E-state index contributed by atoms with van der Waals surface area (Å²) in [6.07, 6.45) is 1.76. The van der Waals surface area contributed by atoms with Gasteiger partial charge in [-0.15, -0.1) is 0 Å². The van der Waals surface area contributed by atoms with E-state index in [1.807, 2.05) is 18.2 Å². The summed E-state index contributed by atoms with van der Waals surface area (Å²) in [7, 11) is 0. The van der Waals surface area contributed by atoms with Gasteiger partial charge in [0, 0.05) is 17.4 Å². The van der Waals surface area contributed by atoms with Crippen molar-refractivity contribution in [3.8, 4) is 0 Å². The maximum Gasteiger partial charge on any atom is 0.146 e. The van der Waals surface area contributed by atoms with Gasteiger partial charge in [0.05, 0.1) is 6.54 Å². The number of Topliss-reactive ketones (excluding diaryl/α,β-unsaturated/α-hetero) is 1. The molecule has 0 N–H and O–H groups in total. The third-order valence-electron chi connectivity index (χ3n) is 2.68. The van der Waals surface area contributed by atoms with Crippen LogP contribution in [0.25, 0.3) is 0 Å². The topological polar surface area (TPSA) is 20.3 Å². The van der Waals surface area contributed by atoms with E-state index in [4.69, 9.17) is 0 Å². The molecular formula is C12H14BrNO. The first-order valence-corrected chi connectivity index (χ1v) is 6.02. The number of nitrogens with zero attached hydrogens (tertiary/aromatic N) is 1. The predicted octanol–water partition coefficient (Wildman–Crippen LogP) is 2.61. The van der Waals surface area contributed by atoms with E-state index in [0.717, 1.165) is 30.4 Å². The molecule has 0 aromatic heterocycles. The van der Waals surface area contributed by atoms with E-state index in [1.54, 1.807) is 0 Å². The minimum atomic E-state index is 0.369. The SMILES string of the molecule is O=C1CCCN(Cc2ccccc2Br)C1. The Labute approximate surface area is 98.4 Å². The summed E-state index contributed by atoms with van der Waals surface area (Å²) in [5.74, 6) is 0.369. The highest BCUT2D eigenvalue weighted by atomic mass is 79.9. The molecule has 0 amide bonds. The van der Waals surface area contributed by atoms with E-state index in [9.17, 15) is 4.79 Å². The van der Waals surface area contributed by atoms with Gasteiger partial charge in [0.15, 0.2) is 0 Å². The first-order valence-electron chi connectivity index (χ1n) is 5.23. The van der Waals surface area contributed by atoms with Crippen molar-refractivity contribution in [1.29, 1.82) is 0 Å². The summed E-state index contributed by atoms with van der Waals surface area (Å²) in [4.78, 5) is 13.5. The van der Waals surface area contributed by atoms with Gasteiger partial charge in [-0.25, -0.2) is 0 Å². The average molecular weight is 268 g/mol. The molecule has 0 unspecified atom stereocenters. The number of piperidine rings is 1. The van der Waals surface area contributed by atoms with Crippen molar-refractivity contribution in [2.45, 2.75) is 19.4 Å². The highest BCUT2D eigenvalue weighted by Crippen LogP contribution is 2.19. The number of benzene rings is 1. The largest absolute Gasteiger partial charge is 0.298 e. The van der Waals surface area contributed by atoms with E-state index in [1.165, 1.54) is 5.56 Å². The number of halogens is 1. The first-order chi connectivity index (χ1) is 7.25. The van der Waals surface area contributed by atoms with Crippen LogP contribution in [0.5, 0.6) is 0 Å². The van der Waals surface area contributed by atoms with Crippen molar-refractivity contribution < 1.29 is 4.79 Å². The maximum absolute atomic E-state index is 11.3. The summed E-state index contributed by atoms with van der Waals surface area (Å²) >= 11 is 3.53. The number of likely N-dealkylation sites (tertiary alicyclic amines) is 1. The van der Waals surface area contributed by atoms with Crippen LogP contribution in [0, 0.1) is 0 Å². The van der Waals surface area contributed by atoms with Crippen molar-refractivity contribution in [2.24, 2.45) is 0 Å². The normalized spacial score (nSPS) is 18.1. The van der Waals surface area contributed by atoms with Gasteiger partial charge in [-0.1, -0.05) is 34.1 Å². The average Bonchev–Trinajstić information content (AvgIpc) is 2.22. The molecule has 1 saturated heterocycles. The van der Waals surface area contributed by atoms with Gasteiger partial charge in [-0.2, -0.15) is 0 Å². The minimum absolute atomic E-state index is 0.369. The molecule has 1 heterocycles. The number of rotatable bonds is 2. The predicted molar refractivity (Wildman–Crippen MR) is 63.7 cm³/mol. The zero-order chi connectivity index (χ0) is 10.7. The summed E-state index contributed by atoms with van der Waals surface area (Å²) in [5, 5.41) is 0. The molecule has 0 atom stereocenters. The summed E-state index contributed by atoms with van der Waals surface area (Å²) in [6.45, 7) is 2.52. The molecule has 1 aromatic rings. The third kappa shape index (κ3) is 2.89. The zero-order valence-corrected chi connectivity index (χ0v) is 10.2. The number of carbonyl (C=O) groups is 1. The molecule has 1 aromatic carbocycles. The molecule has 1 aliphatic heterocycles. The first kappa shape index (κ1) is 10.8. The Morgan fingerprint density at radius 2 is 2.13 bits per heavy atom. The molecule has 1 fully saturated rings. The van der Waals surface area contributed by atoms with Crippen molar-refractivity contribution in [1.82, 2.24) is 4.90 Å². The molecule has 3 heteroatoms. The van der Waals surface area contributed by atoms with Gasteiger partial charge in [0.1, 0.15) is 5.78 Å². The van der Waals surface area contributed by atoms with E-state index in [2.05, 4.69) is 26.9 Å². The Morgan fingerprint density at radius 3 is 2.87 bits per heavy atom. The second kappa shape index (κ2) is 4.90. The van der Waals surface area contributed by atoms with Crippen LogP contribution in [0.1, 0.15) is 18.4 Å². The third-order valence-corrected chi connectivity index (χ3v) is 3.46. The Morgan fingerprint density at radius 1 is 1.33 bits per heavy atom. The van der Waals surface area contributed by atoms with Crippen LogP contribution in [-0.2, 0) is 11.3 Å².